The second-order valence-corrected chi connectivity index (χ2v) is 6.69. The van der Waals surface area contributed by atoms with Crippen molar-refractivity contribution in [1.29, 1.82) is 0 Å². The van der Waals surface area contributed by atoms with Crippen LogP contribution in [0.3, 0.4) is 0 Å². The molecule has 1 aromatic carbocycles. The normalized spacial score (nSPS) is 15.5. The molecule has 4 rings (SSSR count). The lowest BCUT2D eigenvalue weighted by molar-refractivity contribution is -0.143. The highest BCUT2D eigenvalue weighted by Crippen LogP contribution is 2.27. The summed E-state index contributed by atoms with van der Waals surface area (Å²) < 4.78 is 2.72. The fourth-order valence-electron chi connectivity index (χ4n) is 3.62. The molecule has 0 aliphatic carbocycles. The zero-order valence-corrected chi connectivity index (χ0v) is 14.6. The predicted octanol–water partition coefficient (Wildman–Crippen LogP) is 0.829. The fraction of sp³-hybridized carbons (Fsp3) is 0.333. The van der Waals surface area contributed by atoms with Crippen LogP contribution in [0.25, 0.3) is 16.7 Å². The molecular weight excluding hydrogens is 352 g/mol. The maximum Gasteiger partial charge on any atom is 0.306 e. The SMILES string of the molecule is Cn1c(=O)c(C(=O)N2CCC(C(=O)O)CC2)c(O)c2nc3ccccc3n21. The number of amides is 1. The second kappa shape index (κ2) is 6.11. The first-order chi connectivity index (χ1) is 12.9. The van der Waals surface area contributed by atoms with Crippen molar-refractivity contribution in [3.63, 3.8) is 0 Å². The van der Waals surface area contributed by atoms with Gasteiger partial charge in [-0.3, -0.25) is 14.4 Å². The number of carbonyl (C=O) groups excluding carboxylic acids is 1. The van der Waals surface area contributed by atoms with Crippen molar-refractivity contribution in [3.8, 4) is 5.75 Å². The monoisotopic (exact) mass is 370 g/mol. The van der Waals surface area contributed by atoms with E-state index >= 15 is 0 Å². The van der Waals surface area contributed by atoms with Gasteiger partial charge in [0.25, 0.3) is 11.5 Å². The quantitative estimate of drug-likeness (QED) is 0.690. The minimum atomic E-state index is -0.883. The smallest absolute Gasteiger partial charge is 0.306 e. The highest BCUT2D eigenvalue weighted by Gasteiger charge is 2.31. The Labute approximate surface area is 153 Å². The molecule has 3 heterocycles. The number of piperidine rings is 1. The van der Waals surface area contributed by atoms with Gasteiger partial charge in [0.05, 0.1) is 17.0 Å². The number of hydrogen-bond acceptors (Lipinski definition) is 5. The molecule has 1 saturated heterocycles. The zero-order valence-electron chi connectivity index (χ0n) is 14.6. The number of rotatable bonds is 2. The van der Waals surface area contributed by atoms with E-state index in [1.807, 2.05) is 0 Å². The summed E-state index contributed by atoms with van der Waals surface area (Å²) in [4.78, 5) is 42.5. The Morgan fingerprint density at radius 2 is 1.85 bits per heavy atom. The number of fused-ring (bicyclic) bond motifs is 3. The molecule has 1 fully saturated rings. The summed E-state index contributed by atoms with van der Waals surface area (Å²) in [6.07, 6.45) is 0.634. The fourth-order valence-corrected chi connectivity index (χ4v) is 3.62. The van der Waals surface area contributed by atoms with Crippen LogP contribution in [0.2, 0.25) is 0 Å². The van der Waals surface area contributed by atoms with E-state index in [0.717, 1.165) is 0 Å². The van der Waals surface area contributed by atoms with Gasteiger partial charge in [-0.15, -0.1) is 0 Å². The number of carboxylic acids is 1. The van der Waals surface area contributed by atoms with Crippen LogP contribution in [0.5, 0.6) is 5.75 Å². The Kier molecular flexibility index (Phi) is 3.87. The van der Waals surface area contributed by atoms with Crippen molar-refractivity contribution in [2.75, 3.05) is 13.1 Å². The number of hydrogen-bond donors (Lipinski definition) is 2. The number of para-hydroxylation sites is 2. The van der Waals surface area contributed by atoms with Gasteiger partial charge in [-0.2, -0.15) is 0 Å². The Bertz CT molecular complexity index is 1140. The first-order valence-electron chi connectivity index (χ1n) is 8.61. The van der Waals surface area contributed by atoms with E-state index in [9.17, 15) is 19.5 Å². The van der Waals surface area contributed by atoms with E-state index in [4.69, 9.17) is 5.11 Å². The summed E-state index contributed by atoms with van der Waals surface area (Å²) in [7, 11) is 1.51. The molecule has 9 heteroatoms. The molecule has 0 bridgehead atoms. The zero-order chi connectivity index (χ0) is 19.3. The van der Waals surface area contributed by atoms with E-state index in [2.05, 4.69) is 4.98 Å². The molecule has 0 atom stereocenters. The van der Waals surface area contributed by atoms with Crippen molar-refractivity contribution >= 4 is 28.6 Å². The molecule has 0 saturated carbocycles. The Morgan fingerprint density at radius 1 is 1.19 bits per heavy atom. The largest absolute Gasteiger partial charge is 0.504 e. The molecule has 2 N–H and O–H groups in total. The van der Waals surface area contributed by atoms with Gasteiger partial charge in [-0.05, 0) is 25.0 Å². The third kappa shape index (κ3) is 2.54. The Hall–Kier alpha value is -3.36. The van der Waals surface area contributed by atoms with Crippen LogP contribution in [-0.4, -0.2) is 54.3 Å². The number of benzene rings is 1. The molecule has 9 nitrogen and oxygen atoms in total. The molecule has 0 spiro atoms. The summed E-state index contributed by atoms with van der Waals surface area (Å²) >= 11 is 0. The lowest BCUT2D eigenvalue weighted by Gasteiger charge is -2.30. The molecule has 140 valence electrons. The van der Waals surface area contributed by atoms with Gasteiger partial charge in [-0.1, -0.05) is 12.1 Å². The third-order valence-corrected chi connectivity index (χ3v) is 5.14. The number of imidazole rings is 1. The van der Waals surface area contributed by atoms with E-state index in [1.165, 1.54) is 21.1 Å². The van der Waals surface area contributed by atoms with Crippen LogP contribution >= 0.6 is 0 Å². The van der Waals surface area contributed by atoms with Crippen molar-refractivity contribution < 1.29 is 19.8 Å². The first kappa shape index (κ1) is 17.1. The number of carboxylic acid groups (broad SMARTS) is 1. The van der Waals surface area contributed by atoms with Crippen LogP contribution in [0.1, 0.15) is 23.2 Å². The third-order valence-electron chi connectivity index (χ3n) is 5.14. The summed E-state index contributed by atoms with van der Waals surface area (Å²) in [5, 5.41) is 19.7. The number of aryl methyl sites for hydroxylation is 1. The van der Waals surface area contributed by atoms with Gasteiger partial charge in [-0.25, -0.2) is 14.2 Å². The van der Waals surface area contributed by atoms with E-state index in [1.54, 1.807) is 24.3 Å². The van der Waals surface area contributed by atoms with E-state index in [-0.39, 0.29) is 24.3 Å². The van der Waals surface area contributed by atoms with Crippen molar-refractivity contribution in [2.24, 2.45) is 13.0 Å². The van der Waals surface area contributed by atoms with Gasteiger partial charge in [0.1, 0.15) is 0 Å². The van der Waals surface area contributed by atoms with E-state index in [0.29, 0.717) is 23.9 Å². The van der Waals surface area contributed by atoms with E-state index < -0.39 is 29.1 Å². The van der Waals surface area contributed by atoms with Gasteiger partial charge >= 0.3 is 5.97 Å². The molecular formula is C18H18N4O5. The second-order valence-electron chi connectivity index (χ2n) is 6.69. The first-order valence-corrected chi connectivity index (χ1v) is 8.61. The minimum Gasteiger partial charge on any atom is -0.504 e. The molecule has 2 aromatic heterocycles. The number of aromatic hydroxyl groups is 1. The highest BCUT2D eigenvalue weighted by molar-refractivity contribution is 5.99. The number of aliphatic carboxylic acids is 1. The molecule has 1 amide bonds. The maximum atomic E-state index is 12.9. The van der Waals surface area contributed by atoms with Crippen LogP contribution in [0.15, 0.2) is 29.1 Å². The number of aromatic nitrogens is 3. The topological polar surface area (TPSA) is 117 Å². The molecule has 0 unspecified atom stereocenters. The molecule has 27 heavy (non-hydrogen) atoms. The number of nitrogens with zero attached hydrogens (tertiary/aromatic N) is 4. The van der Waals surface area contributed by atoms with Crippen LogP contribution < -0.4 is 5.56 Å². The standard InChI is InChI=1S/C18H18N4O5/c1-20-16(24)13(17(25)21-8-6-10(7-9-21)18(26)27)14(23)15-19-11-4-2-3-5-12(11)22(15)20/h2-5,10,23H,6-9H2,1H3,(H,26,27). The lowest BCUT2D eigenvalue weighted by Crippen LogP contribution is -2.43. The van der Waals surface area contributed by atoms with Gasteiger partial charge in [0, 0.05) is 20.1 Å². The van der Waals surface area contributed by atoms with Gasteiger partial charge in [0.15, 0.2) is 17.0 Å². The minimum absolute atomic E-state index is 0.127. The molecule has 1 aliphatic rings. The van der Waals surface area contributed by atoms with Crippen molar-refractivity contribution in [3.05, 3.63) is 40.2 Å². The summed E-state index contributed by atoms with van der Waals surface area (Å²) in [5.41, 5.74) is 0.392. The predicted molar refractivity (Wildman–Crippen MR) is 95.9 cm³/mol. The molecule has 3 aromatic rings. The summed E-state index contributed by atoms with van der Waals surface area (Å²) in [6.45, 7) is 0.444. The van der Waals surface area contributed by atoms with Gasteiger partial charge < -0.3 is 15.1 Å². The number of likely N-dealkylation sites (tertiary alicyclic amines) is 1. The van der Waals surface area contributed by atoms with Crippen molar-refractivity contribution in [2.45, 2.75) is 12.8 Å². The average Bonchev–Trinajstić information content (AvgIpc) is 3.06. The van der Waals surface area contributed by atoms with Crippen molar-refractivity contribution in [1.82, 2.24) is 19.1 Å². The molecule has 0 radical (unpaired) electrons. The lowest BCUT2D eigenvalue weighted by atomic mass is 9.96. The van der Waals surface area contributed by atoms with Crippen LogP contribution in [0, 0.1) is 5.92 Å². The van der Waals surface area contributed by atoms with Gasteiger partial charge in [0.2, 0.25) is 0 Å². The Balaban J connectivity index is 1.81. The average molecular weight is 370 g/mol. The van der Waals surface area contributed by atoms with Crippen LogP contribution in [-0.2, 0) is 11.8 Å². The summed E-state index contributed by atoms with van der Waals surface area (Å²) in [5.74, 6) is -2.44. The van der Waals surface area contributed by atoms with Crippen LogP contribution in [0.4, 0.5) is 0 Å². The highest BCUT2D eigenvalue weighted by atomic mass is 16.4. The number of carbonyl (C=O) groups is 2. The molecule has 1 aliphatic heterocycles. The summed E-state index contributed by atoms with van der Waals surface area (Å²) in [6, 6.07) is 7.11. The maximum absolute atomic E-state index is 12.9. The Morgan fingerprint density at radius 3 is 2.52 bits per heavy atom.